The number of nitro benzene ring substituents is 1. The number of hydrogen-bond donors (Lipinski definition) is 1. The second-order valence-corrected chi connectivity index (χ2v) is 8.48. The second kappa shape index (κ2) is 11.6. The number of nitrogens with one attached hydrogen (secondary N) is 1. The van der Waals surface area contributed by atoms with Gasteiger partial charge in [0.2, 0.25) is 5.75 Å². The van der Waals surface area contributed by atoms with Gasteiger partial charge in [-0.2, -0.15) is 0 Å². The van der Waals surface area contributed by atoms with Gasteiger partial charge in [-0.1, -0.05) is 42.8 Å². The monoisotopic (exact) mass is 549 g/mol. The van der Waals surface area contributed by atoms with Gasteiger partial charge in [0.15, 0.2) is 0 Å². The van der Waals surface area contributed by atoms with Crippen molar-refractivity contribution >= 4 is 52.4 Å². The molecule has 0 radical (unpaired) electrons. The highest BCUT2D eigenvalue weighted by Gasteiger charge is 2.40. The van der Waals surface area contributed by atoms with Crippen molar-refractivity contribution in [2.24, 2.45) is 0 Å². The van der Waals surface area contributed by atoms with E-state index in [1.54, 1.807) is 12.1 Å². The lowest BCUT2D eigenvalue weighted by molar-refractivity contribution is -0.385. The smallest absolute Gasteiger partial charge is 0.343 e. The highest BCUT2D eigenvalue weighted by atomic mass is 35.5. The molecule has 0 unspecified atom stereocenters. The van der Waals surface area contributed by atoms with Crippen molar-refractivity contribution in [1.29, 1.82) is 0 Å². The number of imide groups is 1. The Hall–Kier alpha value is -5.03. The minimum Gasteiger partial charge on any atom is -0.462 e. The van der Waals surface area contributed by atoms with Crippen LogP contribution in [0, 0.1) is 10.1 Å². The van der Waals surface area contributed by atoms with E-state index in [0.29, 0.717) is 12.1 Å². The fraction of sp³-hybridized carbons (Fsp3) is 0.111. The van der Waals surface area contributed by atoms with E-state index >= 15 is 0 Å². The van der Waals surface area contributed by atoms with E-state index in [2.05, 4.69) is 5.32 Å². The topological polar surface area (TPSA) is 145 Å². The summed E-state index contributed by atoms with van der Waals surface area (Å²) in [5.41, 5.74) is -0.150. The van der Waals surface area contributed by atoms with E-state index in [4.69, 9.17) is 21.1 Å². The van der Waals surface area contributed by atoms with Crippen LogP contribution in [-0.2, 0) is 14.3 Å². The van der Waals surface area contributed by atoms with Gasteiger partial charge in [0.1, 0.15) is 10.7 Å². The zero-order valence-electron chi connectivity index (χ0n) is 20.4. The van der Waals surface area contributed by atoms with Crippen LogP contribution in [0.3, 0.4) is 0 Å². The zero-order valence-corrected chi connectivity index (χ0v) is 21.1. The number of rotatable bonds is 9. The molecule has 11 nitrogen and oxygen atoms in total. The van der Waals surface area contributed by atoms with Crippen molar-refractivity contribution in [3.63, 3.8) is 0 Å². The number of benzene rings is 3. The maximum Gasteiger partial charge on any atom is 0.343 e. The van der Waals surface area contributed by atoms with E-state index in [9.17, 15) is 29.3 Å². The molecule has 39 heavy (non-hydrogen) atoms. The van der Waals surface area contributed by atoms with Gasteiger partial charge in [0.25, 0.3) is 11.8 Å². The maximum atomic E-state index is 13.2. The Labute approximate surface area is 226 Å². The first-order valence-electron chi connectivity index (χ1n) is 11.6. The van der Waals surface area contributed by atoms with E-state index in [1.807, 2.05) is 6.92 Å². The number of anilines is 2. The Morgan fingerprint density at radius 1 is 0.949 bits per heavy atom. The molecule has 0 bridgehead atoms. The number of carbonyl (C=O) groups excluding carboxylic acids is 4. The van der Waals surface area contributed by atoms with Crippen molar-refractivity contribution in [1.82, 2.24) is 0 Å². The van der Waals surface area contributed by atoms with Gasteiger partial charge in [0.05, 0.1) is 28.3 Å². The summed E-state index contributed by atoms with van der Waals surface area (Å²) in [6, 6.07) is 17.1. The van der Waals surface area contributed by atoms with Crippen molar-refractivity contribution in [2.45, 2.75) is 13.3 Å². The van der Waals surface area contributed by atoms with E-state index in [0.717, 1.165) is 4.90 Å². The normalized spacial score (nSPS) is 12.9. The molecule has 0 aromatic heterocycles. The lowest BCUT2D eigenvalue weighted by Gasteiger charge is -2.18. The van der Waals surface area contributed by atoms with Crippen LogP contribution in [-0.4, -0.2) is 35.3 Å². The van der Waals surface area contributed by atoms with Gasteiger partial charge in [-0.25, -0.2) is 14.5 Å². The van der Waals surface area contributed by atoms with Crippen LogP contribution in [0.25, 0.3) is 0 Å². The molecule has 0 atom stereocenters. The maximum absolute atomic E-state index is 13.2. The molecule has 3 aromatic carbocycles. The van der Waals surface area contributed by atoms with Crippen molar-refractivity contribution < 1.29 is 33.6 Å². The number of halogens is 1. The lowest BCUT2D eigenvalue weighted by atomic mass is 10.1. The average Bonchev–Trinajstić information content (AvgIpc) is 3.15. The molecule has 0 fully saturated rings. The van der Waals surface area contributed by atoms with Gasteiger partial charge in [0, 0.05) is 11.8 Å². The molecule has 1 heterocycles. The molecule has 3 aromatic rings. The third-order valence-electron chi connectivity index (χ3n) is 5.48. The summed E-state index contributed by atoms with van der Waals surface area (Å²) in [5, 5.41) is 13.5. The zero-order chi connectivity index (χ0) is 28.1. The quantitative estimate of drug-likeness (QED) is 0.130. The van der Waals surface area contributed by atoms with Crippen molar-refractivity contribution in [3.05, 3.63) is 105 Å². The Kier molecular flexibility index (Phi) is 8.01. The number of nitro groups is 1. The third kappa shape index (κ3) is 5.63. The molecular weight excluding hydrogens is 530 g/mol. The van der Waals surface area contributed by atoms with Gasteiger partial charge in [-0.05, 0) is 48.9 Å². The first-order valence-corrected chi connectivity index (χ1v) is 12.0. The Bertz CT molecular complexity index is 1520. The molecule has 0 saturated carbocycles. The van der Waals surface area contributed by atoms with E-state index < -0.39 is 33.7 Å². The lowest BCUT2D eigenvalue weighted by Crippen LogP contribution is -2.33. The minimum atomic E-state index is -0.835. The standard InChI is InChI=1S/C27H20ClN3O8/c1-2-15-38-27(35)18-7-3-4-8-19(18)30-24(32)22(28)23(25(30)33)29-17-13-11-16(12-14-17)26(34)39-21-10-6-5-9-20(21)31(36)37/h3-14,29H,2,15H2,1H3. The van der Waals surface area contributed by atoms with Crippen molar-refractivity contribution in [2.75, 3.05) is 16.8 Å². The average molecular weight is 550 g/mol. The Balaban J connectivity index is 1.51. The number of para-hydroxylation sites is 3. The highest BCUT2D eigenvalue weighted by molar-refractivity contribution is 6.53. The van der Waals surface area contributed by atoms with E-state index in [1.165, 1.54) is 60.7 Å². The van der Waals surface area contributed by atoms with Crippen molar-refractivity contribution in [3.8, 4) is 5.75 Å². The van der Waals surface area contributed by atoms with Gasteiger partial charge < -0.3 is 14.8 Å². The predicted molar refractivity (Wildman–Crippen MR) is 141 cm³/mol. The van der Waals surface area contributed by atoms with E-state index in [-0.39, 0.29) is 40.6 Å². The summed E-state index contributed by atoms with van der Waals surface area (Å²) in [5.74, 6) is -3.35. The first-order chi connectivity index (χ1) is 18.7. The summed E-state index contributed by atoms with van der Waals surface area (Å²) in [4.78, 5) is 62.4. The number of esters is 2. The molecule has 0 spiro atoms. The first kappa shape index (κ1) is 27.0. The van der Waals surface area contributed by atoms with Crippen LogP contribution in [0.1, 0.15) is 34.1 Å². The number of ether oxygens (including phenoxy) is 2. The van der Waals surface area contributed by atoms with Crippen LogP contribution >= 0.6 is 11.6 Å². The van der Waals surface area contributed by atoms with Crippen LogP contribution in [0.4, 0.5) is 17.1 Å². The third-order valence-corrected chi connectivity index (χ3v) is 5.83. The summed E-state index contributed by atoms with van der Waals surface area (Å²) < 4.78 is 10.3. The Morgan fingerprint density at radius 3 is 2.31 bits per heavy atom. The predicted octanol–water partition coefficient (Wildman–Crippen LogP) is 4.82. The summed E-state index contributed by atoms with van der Waals surface area (Å²) in [6.07, 6.45) is 0.597. The van der Waals surface area contributed by atoms with Crippen LogP contribution in [0.2, 0.25) is 0 Å². The molecule has 0 saturated heterocycles. The molecule has 1 aliphatic heterocycles. The fourth-order valence-electron chi connectivity index (χ4n) is 3.63. The van der Waals surface area contributed by atoms with Crippen LogP contribution < -0.4 is 15.0 Å². The SMILES string of the molecule is CCCOC(=O)c1ccccc1N1C(=O)C(Cl)=C(Nc2ccc(C(=O)Oc3ccccc3[N+](=O)[O-])cc2)C1=O. The molecule has 12 heteroatoms. The summed E-state index contributed by atoms with van der Waals surface area (Å²) in [6.45, 7) is 2.01. The fourth-order valence-corrected chi connectivity index (χ4v) is 3.84. The number of amides is 2. The van der Waals surface area contributed by atoms with Gasteiger partial charge >= 0.3 is 17.6 Å². The molecule has 0 aliphatic carbocycles. The molecule has 4 rings (SSSR count). The summed E-state index contributed by atoms with van der Waals surface area (Å²) >= 11 is 6.21. The molecule has 198 valence electrons. The number of carbonyl (C=O) groups is 4. The second-order valence-electron chi connectivity index (χ2n) is 8.10. The molecule has 1 aliphatic rings. The largest absolute Gasteiger partial charge is 0.462 e. The number of nitrogens with zero attached hydrogens (tertiary/aromatic N) is 2. The minimum absolute atomic E-state index is 0.0247. The molecule has 2 amide bonds. The number of hydrogen-bond acceptors (Lipinski definition) is 9. The molecule has 1 N–H and O–H groups in total. The van der Waals surface area contributed by atoms with Gasteiger partial charge in [-0.15, -0.1) is 0 Å². The molecular formula is C27H20ClN3O8. The van der Waals surface area contributed by atoms with Gasteiger partial charge in [-0.3, -0.25) is 19.7 Å². The van der Waals surface area contributed by atoms with Crippen LogP contribution in [0.15, 0.2) is 83.5 Å². The highest BCUT2D eigenvalue weighted by Crippen LogP contribution is 2.33. The summed E-state index contributed by atoms with van der Waals surface area (Å²) in [7, 11) is 0. The van der Waals surface area contributed by atoms with Crippen LogP contribution in [0.5, 0.6) is 5.75 Å². The Morgan fingerprint density at radius 2 is 1.62 bits per heavy atom.